The number of ether oxygens (including phenoxy) is 1. The Bertz CT molecular complexity index is 447. The van der Waals surface area contributed by atoms with Crippen LogP contribution in [-0.2, 0) is 11.2 Å². The lowest BCUT2D eigenvalue weighted by atomic mass is 9.76. The Hall–Kier alpha value is -0.820. The van der Waals surface area contributed by atoms with Gasteiger partial charge in [0.15, 0.2) is 0 Å². The van der Waals surface area contributed by atoms with E-state index in [9.17, 15) is 0 Å². The fraction of sp³-hybridized carbons (Fsp3) is 0.727. The molecule has 0 radical (unpaired) electrons. The topological polar surface area (TPSA) is 9.23 Å². The summed E-state index contributed by atoms with van der Waals surface area (Å²) < 4.78 is 6.33. The van der Waals surface area contributed by atoms with Crippen LogP contribution >= 0.6 is 0 Å². The molecule has 2 unspecified atom stereocenters. The predicted molar refractivity (Wildman–Crippen MR) is 97.9 cm³/mol. The van der Waals surface area contributed by atoms with Crippen LogP contribution in [0.25, 0.3) is 0 Å². The smallest absolute Gasteiger partial charge is 0.0603 e. The molecule has 1 heterocycles. The van der Waals surface area contributed by atoms with Gasteiger partial charge in [-0.3, -0.25) is 0 Å². The summed E-state index contributed by atoms with van der Waals surface area (Å²) in [5, 5.41) is 0. The maximum absolute atomic E-state index is 6.33. The van der Waals surface area contributed by atoms with Crippen molar-refractivity contribution in [1.82, 2.24) is 0 Å². The zero-order chi connectivity index (χ0) is 16.1. The Balaban J connectivity index is 1.48. The third-order valence-corrected chi connectivity index (χ3v) is 6.30. The molecule has 2 atom stereocenters. The molecule has 1 aromatic carbocycles. The first-order valence-corrected chi connectivity index (χ1v) is 10.0. The van der Waals surface area contributed by atoms with Crippen molar-refractivity contribution in [3.05, 3.63) is 35.4 Å². The number of hydrogen-bond acceptors (Lipinski definition) is 1. The summed E-state index contributed by atoms with van der Waals surface area (Å²) in [7, 11) is 0. The van der Waals surface area contributed by atoms with Gasteiger partial charge in [0.1, 0.15) is 0 Å². The maximum Gasteiger partial charge on any atom is 0.0603 e. The number of aryl methyl sites for hydroxylation is 1. The van der Waals surface area contributed by atoms with Gasteiger partial charge in [-0.15, -0.1) is 0 Å². The van der Waals surface area contributed by atoms with Crippen molar-refractivity contribution in [1.29, 1.82) is 0 Å². The lowest BCUT2D eigenvalue weighted by Crippen LogP contribution is -2.33. The molecule has 1 aromatic rings. The molecule has 0 spiro atoms. The molecule has 0 amide bonds. The van der Waals surface area contributed by atoms with E-state index in [1.807, 2.05) is 0 Å². The van der Waals surface area contributed by atoms with E-state index in [1.54, 1.807) is 0 Å². The summed E-state index contributed by atoms with van der Waals surface area (Å²) in [6.07, 6.45) is 12.6. The molecule has 1 nitrogen and oxygen atoms in total. The van der Waals surface area contributed by atoms with E-state index in [1.165, 1.54) is 68.9 Å². The van der Waals surface area contributed by atoms with E-state index in [2.05, 4.69) is 38.1 Å². The summed E-state index contributed by atoms with van der Waals surface area (Å²) in [5.74, 6) is 2.45. The first-order chi connectivity index (χ1) is 11.3. The van der Waals surface area contributed by atoms with Crippen LogP contribution in [0.3, 0.4) is 0 Å². The van der Waals surface area contributed by atoms with Crippen LogP contribution in [0, 0.1) is 11.8 Å². The Morgan fingerprint density at radius 3 is 2.22 bits per heavy atom. The zero-order valence-corrected chi connectivity index (χ0v) is 15.1. The van der Waals surface area contributed by atoms with Gasteiger partial charge in [-0.2, -0.15) is 0 Å². The normalized spacial score (nSPS) is 31.9. The largest absolute Gasteiger partial charge is 0.377 e. The SMILES string of the molecule is CCCc1ccc(C2CCC(C3CCC(CC)CC3)OC2)cc1. The first kappa shape index (κ1) is 17.0. The highest BCUT2D eigenvalue weighted by Crippen LogP contribution is 2.38. The van der Waals surface area contributed by atoms with Gasteiger partial charge in [-0.1, -0.05) is 63.8 Å². The zero-order valence-electron chi connectivity index (χ0n) is 15.1. The summed E-state index contributed by atoms with van der Waals surface area (Å²) in [4.78, 5) is 0. The number of rotatable bonds is 5. The molecule has 2 fully saturated rings. The van der Waals surface area contributed by atoms with Crippen molar-refractivity contribution in [3.63, 3.8) is 0 Å². The summed E-state index contributed by atoms with van der Waals surface area (Å²) >= 11 is 0. The molecule has 1 heteroatoms. The number of hydrogen-bond donors (Lipinski definition) is 0. The van der Waals surface area contributed by atoms with Crippen LogP contribution in [0.2, 0.25) is 0 Å². The minimum atomic E-state index is 0.545. The lowest BCUT2D eigenvalue weighted by molar-refractivity contribution is -0.0434. The second kappa shape index (κ2) is 8.33. The van der Waals surface area contributed by atoms with Crippen molar-refractivity contribution in [2.45, 2.75) is 83.7 Å². The Morgan fingerprint density at radius 2 is 1.65 bits per heavy atom. The molecular formula is C22H34O. The lowest BCUT2D eigenvalue weighted by Gasteiger charge is -2.37. The van der Waals surface area contributed by atoms with E-state index in [0.29, 0.717) is 12.0 Å². The van der Waals surface area contributed by atoms with Gasteiger partial charge >= 0.3 is 0 Å². The highest BCUT2D eigenvalue weighted by atomic mass is 16.5. The van der Waals surface area contributed by atoms with Crippen LogP contribution in [0.15, 0.2) is 24.3 Å². The average molecular weight is 315 g/mol. The predicted octanol–water partition coefficient (Wildman–Crippen LogP) is 6.12. The van der Waals surface area contributed by atoms with E-state index in [0.717, 1.165) is 18.4 Å². The summed E-state index contributed by atoms with van der Waals surface area (Å²) in [6, 6.07) is 9.31. The molecule has 0 N–H and O–H groups in total. The van der Waals surface area contributed by atoms with Gasteiger partial charge in [-0.25, -0.2) is 0 Å². The van der Waals surface area contributed by atoms with E-state index < -0.39 is 0 Å². The Kier molecular flexibility index (Phi) is 6.16. The second-order valence-electron chi connectivity index (χ2n) is 7.83. The van der Waals surface area contributed by atoms with Crippen molar-refractivity contribution in [3.8, 4) is 0 Å². The molecule has 1 saturated carbocycles. The van der Waals surface area contributed by atoms with Crippen LogP contribution in [-0.4, -0.2) is 12.7 Å². The highest BCUT2D eigenvalue weighted by Gasteiger charge is 2.31. The van der Waals surface area contributed by atoms with Crippen molar-refractivity contribution >= 4 is 0 Å². The van der Waals surface area contributed by atoms with Gasteiger partial charge in [0.05, 0.1) is 12.7 Å². The quantitative estimate of drug-likeness (QED) is 0.636. The fourth-order valence-corrected chi connectivity index (χ4v) is 4.62. The average Bonchev–Trinajstić information content (AvgIpc) is 2.63. The summed E-state index contributed by atoms with van der Waals surface area (Å²) in [5.41, 5.74) is 2.96. The third-order valence-electron chi connectivity index (χ3n) is 6.30. The minimum absolute atomic E-state index is 0.545. The monoisotopic (exact) mass is 314 g/mol. The van der Waals surface area contributed by atoms with E-state index >= 15 is 0 Å². The molecule has 3 rings (SSSR count). The van der Waals surface area contributed by atoms with Crippen LogP contribution in [0.4, 0.5) is 0 Å². The van der Waals surface area contributed by atoms with Gasteiger partial charge in [0.25, 0.3) is 0 Å². The number of benzene rings is 1. The Labute approximate surface area is 142 Å². The van der Waals surface area contributed by atoms with Crippen LogP contribution < -0.4 is 0 Å². The first-order valence-electron chi connectivity index (χ1n) is 10.0. The molecule has 0 bridgehead atoms. The molecule has 1 aliphatic carbocycles. The summed E-state index contributed by atoms with van der Waals surface area (Å²) in [6.45, 7) is 5.53. The standard InChI is InChI=1S/C22H34O/c1-3-5-18-8-10-19(11-9-18)21-14-15-22(23-16-21)20-12-6-17(4-2)7-13-20/h8-11,17,20-22H,3-7,12-16H2,1-2H3. The van der Waals surface area contributed by atoms with Crippen LogP contribution in [0.1, 0.15) is 82.3 Å². The highest BCUT2D eigenvalue weighted by molar-refractivity contribution is 5.26. The molecule has 2 aliphatic rings. The molecule has 0 aromatic heterocycles. The third kappa shape index (κ3) is 4.38. The second-order valence-corrected chi connectivity index (χ2v) is 7.83. The molecule has 128 valence electrons. The van der Waals surface area contributed by atoms with Gasteiger partial charge < -0.3 is 4.74 Å². The van der Waals surface area contributed by atoms with E-state index in [-0.39, 0.29) is 0 Å². The van der Waals surface area contributed by atoms with Crippen molar-refractivity contribution in [2.75, 3.05) is 6.61 Å². The van der Waals surface area contributed by atoms with Crippen molar-refractivity contribution < 1.29 is 4.74 Å². The Morgan fingerprint density at radius 1 is 0.913 bits per heavy atom. The maximum atomic E-state index is 6.33. The molecule has 1 aliphatic heterocycles. The van der Waals surface area contributed by atoms with Crippen LogP contribution in [0.5, 0.6) is 0 Å². The van der Waals surface area contributed by atoms with Gasteiger partial charge in [0, 0.05) is 5.92 Å². The molecule has 1 saturated heterocycles. The fourth-order valence-electron chi connectivity index (χ4n) is 4.62. The molecule has 23 heavy (non-hydrogen) atoms. The van der Waals surface area contributed by atoms with Gasteiger partial charge in [0.2, 0.25) is 0 Å². The van der Waals surface area contributed by atoms with Crippen molar-refractivity contribution in [2.24, 2.45) is 11.8 Å². The minimum Gasteiger partial charge on any atom is -0.377 e. The molecular weight excluding hydrogens is 280 g/mol. The van der Waals surface area contributed by atoms with E-state index in [4.69, 9.17) is 4.74 Å². The van der Waals surface area contributed by atoms with Gasteiger partial charge in [-0.05, 0) is 55.1 Å².